The van der Waals surface area contributed by atoms with Crippen molar-refractivity contribution >= 4 is 11.6 Å². The largest absolute Gasteiger partial charge is 0.385 e. The van der Waals surface area contributed by atoms with Crippen LogP contribution >= 0.6 is 0 Å². The van der Waals surface area contributed by atoms with Crippen LogP contribution in [0.5, 0.6) is 0 Å². The highest BCUT2D eigenvalue weighted by atomic mass is 16.5. The number of carbonyl (C=O) groups is 1. The van der Waals surface area contributed by atoms with Gasteiger partial charge in [-0.15, -0.1) is 0 Å². The van der Waals surface area contributed by atoms with Gasteiger partial charge in [0.25, 0.3) is 0 Å². The third kappa shape index (κ3) is 2.33. The van der Waals surface area contributed by atoms with Gasteiger partial charge in [-0.1, -0.05) is 18.2 Å². The molecule has 1 heterocycles. The molecule has 4 heteroatoms. The normalized spacial score (nSPS) is 19.9. The van der Waals surface area contributed by atoms with Crippen LogP contribution in [0.2, 0.25) is 0 Å². The monoisotopic (exact) mass is 220 g/mol. The fourth-order valence-electron chi connectivity index (χ4n) is 1.83. The molecule has 0 spiro atoms. The lowest BCUT2D eigenvalue weighted by molar-refractivity contribution is -0.122. The molecular formula is C12H16N2O2. The van der Waals surface area contributed by atoms with Crippen LogP contribution < -0.4 is 10.4 Å². The molecular weight excluding hydrogens is 204 g/mol. The fourth-order valence-corrected chi connectivity index (χ4v) is 1.83. The summed E-state index contributed by atoms with van der Waals surface area (Å²) in [7, 11) is 1.65. The van der Waals surface area contributed by atoms with Crippen LogP contribution in [-0.2, 0) is 9.53 Å². The number of amides is 1. The van der Waals surface area contributed by atoms with Crippen molar-refractivity contribution in [1.29, 1.82) is 0 Å². The first-order valence-electron chi connectivity index (χ1n) is 5.43. The molecule has 1 aliphatic heterocycles. The molecule has 16 heavy (non-hydrogen) atoms. The highest BCUT2D eigenvalue weighted by molar-refractivity contribution is 5.84. The molecule has 1 aromatic carbocycles. The Labute approximate surface area is 95.2 Å². The first kappa shape index (κ1) is 11.0. The molecule has 0 bridgehead atoms. The standard InChI is InChI=1S/C12H16N2O2/c1-16-8-7-10-9-14(13-12(10)15)11-5-3-2-4-6-11/h2-6,10H,7-9H2,1H3,(H,13,15). The predicted molar refractivity (Wildman–Crippen MR) is 61.9 cm³/mol. The van der Waals surface area contributed by atoms with Gasteiger partial charge in [0.05, 0.1) is 18.2 Å². The van der Waals surface area contributed by atoms with E-state index in [1.807, 2.05) is 35.3 Å². The number of nitrogens with zero attached hydrogens (tertiary/aromatic N) is 1. The molecule has 86 valence electrons. The minimum absolute atomic E-state index is 0.0279. The Morgan fingerprint density at radius 2 is 2.19 bits per heavy atom. The first-order chi connectivity index (χ1) is 7.81. The number of methoxy groups -OCH3 is 1. The lowest BCUT2D eigenvalue weighted by Gasteiger charge is -2.17. The topological polar surface area (TPSA) is 41.6 Å². The number of rotatable bonds is 4. The van der Waals surface area contributed by atoms with Crippen LogP contribution in [0.25, 0.3) is 0 Å². The molecule has 0 saturated carbocycles. The maximum absolute atomic E-state index is 11.7. The Kier molecular flexibility index (Phi) is 3.41. The molecule has 0 aromatic heterocycles. The molecule has 1 aliphatic rings. The zero-order valence-corrected chi connectivity index (χ0v) is 9.35. The van der Waals surface area contributed by atoms with Crippen LogP contribution in [0.3, 0.4) is 0 Å². The molecule has 1 fully saturated rings. The molecule has 4 nitrogen and oxygen atoms in total. The van der Waals surface area contributed by atoms with Crippen LogP contribution in [0.1, 0.15) is 6.42 Å². The van der Waals surface area contributed by atoms with E-state index in [-0.39, 0.29) is 11.8 Å². The van der Waals surface area contributed by atoms with Crippen LogP contribution in [0, 0.1) is 5.92 Å². The van der Waals surface area contributed by atoms with Gasteiger partial charge in [0.1, 0.15) is 0 Å². The number of carbonyl (C=O) groups excluding carboxylic acids is 1. The summed E-state index contributed by atoms with van der Waals surface area (Å²) in [5.74, 6) is 0.112. The average Bonchev–Trinajstić information content (AvgIpc) is 2.69. The third-order valence-electron chi connectivity index (χ3n) is 2.76. The van der Waals surface area contributed by atoms with Crippen molar-refractivity contribution in [2.24, 2.45) is 5.92 Å². The van der Waals surface area contributed by atoms with E-state index < -0.39 is 0 Å². The summed E-state index contributed by atoms with van der Waals surface area (Å²) in [5.41, 5.74) is 3.89. The summed E-state index contributed by atoms with van der Waals surface area (Å²) >= 11 is 0. The highest BCUT2D eigenvalue weighted by Gasteiger charge is 2.29. The van der Waals surface area contributed by atoms with Crippen molar-refractivity contribution in [2.75, 3.05) is 25.3 Å². The first-order valence-corrected chi connectivity index (χ1v) is 5.43. The minimum Gasteiger partial charge on any atom is -0.385 e. The van der Waals surface area contributed by atoms with Gasteiger partial charge < -0.3 is 4.74 Å². The summed E-state index contributed by atoms with van der Waals surface area (Å²) in [4.78, 5) is 11.7. The Bertz CT molecular complexity index is 353. The van der Waals surface area contributed by atoms with Crippen molar-refractivity contribution in [2.45, 2.75) is 6.42 Å². The van der Waals surface area contributed by atoms with Gasteiger partial charge in [0, 0.05) is 13.7 Å². The van der Waals surface area contributed by atoms with Gasteiger partial charge in [0.2, 0.25) is 5.91 Å². The molecule has 1 N–H and O–H groups in total. The van der Waals surface area contributed by atoms with Crippen LogP contribution in [0.15, 0.2) is 30.3 Å². The average molecular weight is 220 g/mol. The van der Waals surface area contributed by atoms with Gasteiger partial charge >= 0.3 is 0 Å². The number of para-hydroxylation sites is 1. The number of hydrazine groups is 1. The fraction of sp³-hybridized carbons (Fsp3) is 0.417. The molecule has 0 radical (unpaired) electrons. The van der Waals surface area contributed by atoms with Crippen molar-refractivity contribution in [3.05, 3.63) is 30.3 Å². The van der Waals surface area contributed by atoms with Crippen LogP contribution in [-0.4, -0.2) is 26.2 Å². The summed E-state index contributed by atoms with van der Waals surface area (Å²) < 4.78 is 4.99. The molecule has 1 aromatic rings. The summed E-state index contributed by atoms with van der Waals surface area (Å²) in [6, 6.07) is 9.86. The molecule has 0 aliphatic carbocycles. The Morgan fingerprint density at radius 1 is 1.44 bits per heavy atom. The molecule has 1 saturated heterocycles. The Hall–Kier alpha value is -1.55. The number of hydrogen-bond donors (Lipinski definition) is 1. The third-order valence-corrected chi connectivity index (χ3v) is 2.76. The zero-order valence-electron chi connectivity index (χ0n) is 9.35. The second-order valence-corrected chi connectivity index (χ2v) is 3.90. The minimum atomic E-state index is 0.0279. The molecule has 1 unspecified atom stereocenters. The van der Waals surface area contributed by atoms with Gasteiger partial charge in [-0.05, 0) is 18.6 Å². The highest BCUT2D eigenvalue weighted by Crippen LogP contribution is 2.19. The lowest BCUT2D eigenvalue weighted by atomic mass is 10.1. The number of anilines is 1. The zero-order chi connectivity index (χ0) is 11.4. The molecule has 1 atom stereocenters. The second-order valence-electron chi connectivity index (χ2n) is 3.90. The van der Waals surface area contributed by atoms with Gasteiger partial charge in [-0.3, -0.25) is 15.2 Å². The van der Waals surface area contributed by atoms with Crippen molar-refractivity contribution < 1.29 is 9.53 Å². The predicted octanol–water partition coefficient (Wildman–Crippen LogP) is 1.19. The van der Waals surface area contributed by atoms with Crippen molar-refractivity contribution in [3.63, 3.8) is 0 Å². The maximum Gasteiger partial charge on any atom is 0.243 e. The second kappa shape index (κ2) is 4.99. The smallest absolute Gasteiger partial charge is 0.243 e. The number of hydrogen-bond acceptors (Lipinski definition) is 3. The summed E-state index contributed by atoms with van der Waals surface area (Å²) in [6.45, 7) is 1.34. The van der Waals surface area contributed by atoms with E-state index in [4.69, 9.17) is 4.74 Å². The Morgan fingerprint density at radius 3 is 2.88 bits per heavy atom. The van der Waals surface area contributed by atoms with Crippen LogP contribution in [0.4, 0.5) is 5.69 Å². The lowest BCUT2D eigenvalue weighted by Crippen LogP contribution is -2.32. The van der Waals surface area contributed by atoms with E-state index in [9.17, 15) is 4.79 Å². The van der Waals surface area contributed by atoms with Gasteiger partial charge in [-0.2, -0.15) is 0 Å². The van der Waals surface area contributed by atoms with E-state index in [0.29, 0.717) is 13.2 Å². The number of nitrogens with one attached hydrogen (secondary N) is 1. The van der Waals surface area contributed by atoms with E-state index >= 15 is 0 Å². The molecule has 1 amide bonds. The number of benzene rings is 1. The van der Waals surface area contributed by atoms with E-state index in [0.717, 1.165) is 12.1 Å². The SMILES string of the molecule is COCCC1CN(c2ccccc2)NC1=O. The quantitative estimate of drug-likeness (QED) is 0.828. The van der Waals surface area contributed by atoms with E-state index in [2.05, 4.69) is 5.43 Å². The maximum atomic E-state index is 11.7. The van der Waals surface area contributed by atoms with E-state index in [1.54, 1.807) is 7.11 Å². The van der Waals surface area contributed by atoms with Crippen molar-refractivity contribution in [3.8, 4) is 0 Å². The van der Waals surface area contributed by atoms with Gasteiger partial charge in [-0.25, -0.2) is 0 Å². The molecule has 2 rings (SSSR count). The number of ether oxygens (including phenoxy) is 1. The van der Waals surface area contributed by atoms with E-state index in [1.165, 1.54) is 0 Å². The summed E-state index contributed by atoms with van der Waals surface area (Å²) in [6.07, 6.45) is 0.770. The Balaban J connectivity index is 1.98. The van der Waals surface area contributed by atoms with Crippen molar-refractivity contribution in [1.82, 2.24) is 5.43 Å². The summed E-state index contributed by atoms with van der Waals surface area (Å²) in [5, 5.41) is 1.89. The van der Waals surface area contributed by atoms with Gasteiger partial charge in [0.15, 0.2) is 0 Å².